The van der Waals surface area contributed by atoms with Gasteiger partial charge in [0.2, 0.25) is 10.0 Å². The molecule has 1 aromatic carbocycles. The molecule has 0 N–H and O–H groups in total. The molecule has 0 aliphatic carbocycles. The molecule has 2 fully saturated rings. The molecular formula is C18H28N2O2S. The van der Waals surface area contributed by atoms with Crippen LogP contribution >= 0.6 is 0 Å². The van der Waals surface area contributed by atoms with Gasteiger partial charge in [0.1, 0.15) is 0 Å². The Kier molecular flexibility index (Phi) is 4.81. The molecule has 2 heterocycles. The molecule has 2 atom stereocenters. The molecule has 5 heteroatoms. The van der Waals surface area contributed by atoms with Gasteiger partial charge in [0.15, 0.2) is 0 Å². The summed E-state index contributed by atoms with van der Waals surface area (Å²) in [5.74, 6) is 1.24. The summed E-state index contributed by atoms with van der Waals surface area (Å²) in [5, 5.41) is 0. The summed E-state index contributed by atoms with van der Waals surface area (Å²) >= 11 is 0. The van der Waals surface area contributed by atoms with Crippen molar-refractivity contribution in [2.24, 2.45) is 11.8 Å². The number of hydrogen-bond acceptors (Lipinski definition) is 3. The van der Waals surface area contributed by atoms with Crippen molar-refractivity contribution in [3.05, 3.63) is 29.8 Å². The number of nitrogens with zero attached hydrogens (tertiary/aromatic N) is 2. The van der Waals surface area contributed by atoms with E-state index in [0.717, 1.165) is 31.0 Å². The van der Waals surface area contributed by atoms with Gasteiger partial charge >= 0.3 is 0 Å². The van der Waals surface area contributed by atoms with E-state index in [2.05, 4.69) is 18.7 Å². The van der Waals surface area contributed by atoms with Crippen molar-refractivity contribution in [1.82, 2.24) is 9.21 Å². The van der Waals surface area contributed by atoms with E-state index >= 15 is 0 Å². The second-order valence-corrected chi connectivity index (χ2v) is 9.33. The van der Waals surface area contributed by atoms with Crippen LogP contribution in [0.2, 0.25) is 0 Å². The first-order valence-corrected chi connectivity index (χ1v) is 10.1. The van der Waals surface area contributed by atoms with Crippen LogP contribution in [0.15, 0.2) is 29.2 Å². The number of fused-ring (bicyclic) bond motifs is 1. The lowest BCUT2D eigenvalue weighted by molar-refractivity contribution is -0.0266. The SMILES string of the molecule is Cc1ccccc1S(=O)(=O)N1CCC2C(CN2CCC(C)C)C1. The lowest BCUT2D eigenvalue weighted by Gasteiger charge is -2.53. The van der Waals surface area contributed by atoms with E-state index in [9.17, 15) is 8.42 Å². The minimum Gasteiger partial charge on any atom is -0.300 e. The fourth-order valence-corrected chi connectivity index (χ4v) is 5.57. The molecule has 0 spiro atoms. The Hall–Kier alpha value is -0.910. The van der Waals surface area contributed by atoms with Crippen LogP contribution < -0.4 is 0 Å². The molecule has 128 valence electrons. The third-order valence-corrected chi connectivity index (χ3v) is 7.33. The van der Waals surface area contributed by atoms with Crippen molar-refractivity contribution >= 4 is 10.0 Å². The smallest absolute Gasteiger partial charge is 0.243 e. The zero-order chi connectivity index (χ0) is 16.6. The maximum Gasteiger partial charge on any atom is 0.243 e. The zero-order valence-electron chi connectivity index (χ0n) is 14.4. The van der Waals surface area contributed by atoms with Gasteiger partial charge in [-0.1, -0.05) is 32.0 Å². The van der Waals surface area contributed by atoms with Crippen molar-refractivity contribution in [2.45, 2.75) is 44.6 Å². The van der Waals surface area contributed by atoms with E-state index < -0.39 is 10.0 Å². The fraction of sp³-hybridized carbons (Fsp3) is 0.667. The van der Waals surface area contributed by atoms with E-state index in [0.29, 0.717) is 29.9 Å². The Morgan fingerprint density at radius 1 is 1.22 bits per heavy atom. The van der Waals surface area contributed by atoms with Crippen LogP contribution in [0.5, 0.6) is 0 Å². The number of aryl methyl sites for hydroxylation is 1. The van der Waals surface area contributed by atoms with Gasteiger partial charge < -0.3 is 0 Å². The predicted molar refractivity (Wildman–Crippen MR) is 92.9 cm³/mol. The van der Waals surface area contributed by atoms with E-state index in [-0.39, 0.29) is 0 Å². The minimum atomic E-state index is -3.34. The Morgan fingerprint density at radius 3 is 2.61 bits per heavy atom. The third kappa shape index (κ3) is 3.32. The molecule has 2 aliphatic heterocycles. The molecule has 2 saturated heterocycles. The minimum absolute atomic E-state index is 0.467. The molecule has 4 nitrogen and oxygen atoms in total. The number of sulfonamides is 1. The van der Waals surface area contributed by atoms with Gasteiger partial charge in [0.05, 0.1) is 4.90 Å². The Labute approximate surface area is 140 Å². The van der Waals surface area contributed by atoms with Gasteiger partial charge in [-0.3, -0.25) is 4.90 Å². The van der Waals surface area contributed by atoms with Gasteiger partial charge in [-0.2, -0.15) is 4.31 Å². The van der Waals surface area contributed by atoms with Crippen LogP contribution in [-0.2, 0) is 10.0 Å². The maximum absolute atomic E-state index is 12.9. The van der Waals surface area contributed by atoms with Crippen LogP contribution in [0.3, 0.4) is 0 Å². The number of rotatable bonds is 5. The summed E-state index contributed by atoms with van der Waals surface area (Å²) in [6, 6.07) is 7.89. The summed E-state index contributed by atoms with van der Waals surface area (Å²) in [4.78, 5) is 3.01. The highest BCUT2D eigenvalue weighted by atomic mass is 32.2. The number of hydrogen-bond donors (Lipinski definition) is 0. The first-order chi connectivity index (χ1) is 10.9. The number of likely N-dealkylation sites (tertiary alicyclic amines) is 1. The van der Waals surface area contributed by atoms with Gasteiger partial charge in [-0.25, -0.2) is 8.42 Å². The summed E-state index contributed by atoms with van der Waals surface area (Å²) in [7, 11) is -3.34. The van der Waals surface area contributed by atoms with Crippen LogP contribution in [0.1, 0.15) is 32.3 Å². The van der Waals surface area contributed by atoms with Crippen molar-refractivity contribution in [3.8, 4) is 0 Å². The van der Waals surface area contributed by atoms with Crippen molar-refractivity contribution < 1.29 is 8.42 Å². The Morgan fingerprint density at radius 2 is 1.96 bits per heavy atom. The quantitative estimate of drug-likeness (QED) is 0.830. The first-order valence-electron chi connectivity index (χ1n) is 8.69. The summed E-state index contributed by atoms with van der Waals surface area (Å²) in [6.45, 7) is 9.93. The molecule has 23 heavy (non-hydrogen) atoms. The summed E-state index contributed by atoms with van der Waals surface area (Å²) in [6.07, 6.45) is 2.20. The zero-order valence-corrected chi connectivity index (χ0v) is 15.2. The second-order valence-electron chi connectivity index (χ2n) is 7.42. The normalized spacial score (nSPS) is 26.1. The molecular weight excluding hydrogens is 308 g/mol. The summed E-state index contributed by atoms with van der Waals surface area (Å²) < 4.78 is 27.5. The molecule has 2 aliphatic rings. The van der Waals surface area contributed by atoms with Gasteiger partial charge in [-0.15, -0.1) is 0 Å². The molecule has 0 saturated carbocycles. The van der Waals surface area contributed by atoms with Crippen molar-refractivity contribution in [3.63, 3.8) is 0 Å². The lowest BCUT2D eigenvalue weighted by Crippen LogP contribution is -2.64. The average Bonchev–Trinajstić information content (AvgIpc) is 2.47. The van der Waals surface area contributed by atoms with Crippen LogP contribution in [0, 0.1) is 18.8 Å². The molecule has 2 unspecified atom stereocenters. The summed E-state index contributed by atoms with van der Waals surface area (Å²) in [5.41, 5.74) is 0.835. The fourth-order valence-electron chi connectivity index (χ4n) is 3.83. The standard InChI is InChI=1S/C18H28N2O2S/c1-14(2)8-10-19-12-16-13-20(11-9-17(16)19)23(21,22)18-7-5-4-6-15(18)3/h4-7,14,16-17H,8-13H2,1-3H3. The number of benzene rings is 1. The molecule has 3 rings (SSSR count). The van der Waals surface area contributed by atoms with E-state index in [1.807, 2.05) is 25.1 Å². The molecule has 0 bridgehead atoms. The topological polar surface area (TPSA) is 40.6 Å². The average molecular weight is 337 g/mol. The van der Waals surface area contributed by atoms with Crippen molar-refractivity contribution in [2.75, 3.05) is 26.2 Å². The third-order valence-electron chi connectivity index (χ3n) is 5.30. The predicted octanol–water partition coefficient (Wildman–Crippen LogP) is 2.74. The van der Waals surface area contributed by atoms with Gasteiger partial charge in [-0.05, 0) is 43.9 Å². The van der Waals surface area contributed by atoms with E-state index in [4.69, 9.17) is 0 Å². The van der Waals surface area contributed by atoms with Crippen LogP contribution in [0.4, 0.5) is 0 Å². The first kappa shape index (κ1) is 16.9. The van der Waals surface area contributed by atoms with E-state index in [1.54, 1.807) is 10.4 Å². The van der Waals surface area contributed by atoms with E-state index in [1.165, 1.54) is 6.42 Å². The van der Waals surface area contributed by atoms with Crippen LogP contribution in [-0.4, -0.2) is 49.8 Å². The lowest BCUT2D eigenvalue weighted by atomic mass is 9.83. The van der Waals surface area contributed by atoms with Gasteiger partial charge in [0, 0.05) is 31.6 Å². The molecule has 0 aromatic heterocycles. The Balaban J connectivity index is 1.64. The monoisotopic (exact) mass is 336 g/mol. The molecule has 0 amide bonds. The Bertz CT molecular complexity index is 657. The highest BCUT2D eigenvalue weighted by Gasteiger charge is 2.44. The van der Waals surface area contributed by atoms with Crippen molar-refractivity contribution in [1.29, 1.82) is 0 Å². The van der Waals surface area contributed by atoms with Gasteiger partial charge in [0.25, 0.3) is 0 Å². The molecule has 1 aromatic rings. The largest absolute Gasteiger partial charge is 0.300 e. The molecule has 0 radical (unpaired) electrons. The second kappa shape index (κ2) is 6.54. The highest BCUT2D eigenvalue weighted by molar-refractivity contribution is 7.89. The number of piperidine rings is 1. The van der Waals surface area contributed by atoms with Crippen LogP contribution in [0.25, 0.3) is 0 Å². The highest BCUT2D eigenvalue weighted by Crippen LogP contribution is 2.35. The maximum atomic E-state index is 12.9.